The van der Waals surface area contributed by atoms with E-state index in [0.29, 0.717) is 11.1 Å². The lowest BCUT2D eigenvalue weighted by atomic mass is 10.0. The molecule has 1 rings (SSSR count). The van der Waals surface area contributed by atoms with Crippen molar-refractivity contribution in [1.82, 2.24) is 0 Å². The number of carbonyl (C=O) groups excluding carboxylic acids is 1. The van der Waals surface area contributed by atoms with Gasteiger partial charge in [-0.05, 0) is 18.6 Å². The van der Waals surface area contributed by atoms with E-state index >= 15 is 0 Å². The van der Waals surface area contributed by atoms with Crippen LogP contribution < -0.4 is 5.73 Å². The van der Waals surface area contributed by atoms with Crippen LogP contribution in [0, 0.1) is 0 Å². The topological polar surface area (TPSA) is 43.1 Å². The molecule has 82 valence electrons. The zero-order valence-corrected chi connectivity index (χ0v) is 8.41. The fourth-order valence-corrected chi connectivity index (χ4v) is 1.29. The van der Waals surface area contributed by atoms with E-state index in [2.05, 4.69) is 0 Å². The van der Waals surface area contributed by atoms with Crippen LogP contribution in [0.2, 0.25) is 0 Å². The second-order valence-corrected chi connectivity index (χ2v) is 3.45. The Bertz CT molecular complexity index is 350. The van der Waals surface area contributed by atoms with Gasteiger partial charge in [-0.2, -0.15) is 0 Å². The Labute approximate surface area is 87.1 Å². The molecule has 0 aromatic heterocycles. The van der Waals surface area contributed by atoms with Crippen molar-refractivity contribution < 1.29 is 13.6 Å². The van der Waals surface area contributed by atoms with E-state index in [9.17, 15) is 13.6 Å². The first-order valence-corrected chi connectivity index (χ1v) is 4.67. The molecule has 0 aliphatic rings. The molecule has 0 spiro atoms. The SMILES string of the molecule is CC(N)C(=O)c1cccc(CC(F)F)c1. The maximum absolute atomic E-state index is 12.1. The summed E-state index contributed by atoms with van der Waals surface area (Å²) in [5.74, 6) is -0.230. The molecule has 0 aliphatic carbocycles. The number of alkyl halides is 2. The Balaban J connectivity index is 2.87. The Morgan fingerprint density at radius 3 is 2.67 bits per heavy atom. The zero-order valence-electron chi connectivity index (χ0n) is 8.41. The van der Waals surface area contributed by atoms with E-state index in [0.717, 1.165) is 0 Å². The van der Waals surface area contributed by atoms with Gasteiger partial charge in [-0.3, -0.25) is 4.79 Å². The second-order valence-electron chi connectivity index (χ2n) is 3.45. The van der Waals surface area contributed by atoms with Crippen LogP contribution in [0.5, 0.6) is 0 Å². The minimum absolute atomic E-state index is 0.230. The molecule has 0 saturated heterocycles. The van der Waals surface area contributed by atoms with E-state index in [4.69, 9.17) is 5.73 Å². The smallest absolute Gasteiger partial charge is 0.242 e. The first-order chi connectivity index (χ1) is 7.00. The van der Waals surface area contributed by atoms with Gasteiger partial charge in [-0.25, -0.2) is 8.78 Å². The number of ketones is 1. The molecule has 0 saturated carbocycles. The molecule has 15 heavy (non-hydrogen) atoms. The standard InChI is InChI=1S/C11H13F2NO/c1-7(14)11(15)9-4-2-3-8(5-9)6-10(12)13/h2-5,7,10H,6,14H2,1H3. The van der Waals surface area contributed by atoms with E-state index in [1.807, 2.05) is 0 Å². The monoisotopic (exact) mass is 213 g/mol. The highest BCUT2D eigenvalue weighted by Gasteiger charge is 2.12. The normalized spacial score (nSPS) is 12.9. The number of hydrogen-bond acceptors (Lipinski definition) is 2. The maximum atomic E-state index is 12.1. The van der Waals surface area contributed by atoms with Crippen molar-refractivity contribution in [3.63, 3.8) is 0 Å². The summed E-state index contributed by atoms with van der Waals surface area (Å²) in [6.07, 6.45) is -2.73. The third-order valence-electron chi connectivity index (χ3n) is 2.02. The van der Waals surface area contributed by atoms with Crippen molar-refractivity contribution in [2.75, 3.05) is 0 Å². The van der Waals surface area contributed by atoms with Gasteiger partial charge in [-0.15, -0.1) is 0 Å². The first-order valence-electron chi connectivity index (χ1n) is 4.67. The Kier molecular flexibility index (Phi) is 3.91. The Morgan fingerprint density at radius 1 is 1.47 bits per heavy atom. The van der Waals surface area contributed by atoms with Gasteiger partial charge in [0.1, 0.15) is 0 Å². The van der Waals surface area contributed by atoms with Crippen LogP contribution in [-0.4, -0.2) is 18.3 Å². The number of halogens is 2. The number of benzene rings is 1. The first kappa shape index (κ1) is 11.8. The van der Waals surface area contributed by atoms with Crippen LogP contribution in [0.4, 0.5) is 8.78 Å². The third-order valence-corrected chi connectivity index (χ3v) is 2.02. The van der Waals surface area contributed by atoms with E-state index in [-0.39, 0.29) is 12.2 Å². The number of Topliss-reactive ketones (excluding diaryl/α,β-unsaturated/α-hetero) is 1. The lowest BCUT2D eigenvalue weighted by Gasteiger charge is -2.06. The summed E-state index contributed by atoms with van der Waals surface area (Å²) in [5.41, 5.74) is 6.27. The predicted molar refractivity (Wildman–Crippen MR) is 54.1 cm³/mol. The molecular formula is C11H13F2NO. The summed E-state index contributed by atoms with van der Waals surface area (Å²) in [7, 11) is 0. The molecule has 0 bridgehead atoms. The molecule has 1 unspecified atom stereocenters. The van der Waals surface area contributed by atoms with Gasteiger partial charge in [0.2, 0.25) is 6.43 Å². The molecular weight excluding hydrogens is 200 g/mol. The average molecular weight is 213 g/mol. The third kappa shape index (κ3) is 3.40. The molecule has 2 nitrogen and oxygen atoms in total. The summed E-state index contributed by atoms with van der Waals surface area (Å²) >= 11 is 0. The van der Waals surface area contributed by atoms with E-state index in [1.165, 1.54) is 6.07 Å². The van der Waals surface area contributed by atoms with Crippen molar-refractivity contribution in [3.8, 4) is 0 Å². The number of hydrogen-bond donors (Lipinski definition) is 1. The fourth-order valence-electron chi connectivity index (χ4n) is 1.29. The summed E-state index contributed by atoms with van der Waals surface area (Å²) < 4.78 is 24.2. The lowest BCUT2D eigenvalue weighted by Crippen LogP contribution is -2.26. The van der Waals surface area contributed by atoms with Gasteiger partial charge in [0.05, 0.1) is 6.04 Å². The van der Waals surface area contributed by atoms with Crippen LogP contribution in [-0.2, 0) is 6.42 Å². The molecule has 0 radical (unpaired) electrons. The van der Waals surface area contributed by atoms with Crippen LogP contribution >= 0.6 is 0 Å². The van der Waals surface area contributed by atoms with Gasteiger partial charge >= 0.3 is 0 Å². The summed E-state index contributed by atoms with van der Waals surface area (Å²) in [4.78, 5) is 11.5. The molecule has 0 amide bonds. The second kappa shape index (κ2) is 4.98. The molecule has 4 heteroatoms. The van der Waals surface area contributed by atoms with Crippen molar-refractivity contribution in [2.24, 2.45) is 5.73 Å². The van der Waals surface area contributed by atoms with Crippen molar-refractivity contribution in [1.29, 1.82) is 0 Å². The average Bonchev–Trinajstić information content (AvgIpc) is 2.16. The van der Waals surface area contributed by atoms with Crippen LogP contribution in [0.25, 0.3) is 0 Å². The zero-order chi connectivity index (χ0) is 11.4. The summed E-state index contributed by atoms with van der Waals surface area (Å²) in [6, 6.07) is 5.61. The number of rotatable bonds is 4. The molecule has 1 atom stereocenters. The fraction of sp³-hybridized carbons (Fsp3) is 0.364. The molecule has 0 aliphatic heterocycles. The van der Waals surface area contributed by atoms with Gasteiger partial charge < -0.3 is 5.73 Å². The molecule has 0 heterocycles. The van der Waals surface area contributed by atoms with E-state index < -0.39 is 12.5 Å². The quantitative estimate of drug-likeness (QED) is 0.777. The maximum Gasteiger partial charge on any atom is 0.242 e. The van der Waals surface area contributed by atoms with Gasteiger partial charge in [0.15, 0.2) is 5.78 Å². The highest BCUT2D eigenvalue weighted by molar-refractivity contribution is 5.99. The number of nitrogens with two attached hydrogens (primary N) is 1. The minimum atomic E-state index is -2.40. The van der Waals surface area contributed by atoms with Crippen LogP contribution in [0.1, 0.15) is 22.8 Å². The minimum Gasteiger partial charge on any atom is -0.321 e. The van der Waals surface area contributed by atoms with Crippen LogP contribution in [0.3, 0.4) is 0 Å². The van der Waals surface area contributed by atoms with Gasteiger partial charge in [-0.1, -0.05) is 18.2 Å². The Hall–Kier alpha value is -1.29. The van der Waals surface area contributed by atoms with Gasteiger partial charge in [0.25, 0.3) is 0 Å². The highest BCUT2D eigenvalue weighted by Crippen LogP contribution is 2.11. The lowest BCUT2D eigenvalue weighted by molar-refractivity contribution is 0.0967. The van der Waals surface area contributed by atoms with Crippen molar-refractivity contribution >= 4 is 5.78 Å². The van der Waals surface area contributed by atoms with E-state index in [1.54, 1.807) is 25.1 Å². The number of carbonyl (C=O) groups is 1. The van der Waals surface area contributed by atoms with Crippen molar-refractivity contribution in [3.05, 3.63) is 35.4 Å². The molecule has 2 N–H and O–H groups in total. The summed E-state index contributed by atoms with van der Waals surface area (Å²) in [6.45, 7) is 1.57. The largest absolute Gasteiger partial charge is 0.321 e. The van der Waals surface area contributed by atoms with Crippen molar-refractivity contribution in [2.45, 2.75) is 25.8 Å². The highest BCUT2D eigenvalue weighted by atomic mass is 19.3. The summed E-state index contributed by atoms with van der Waals surface area (Å²) in [5, 5.41) is 0. The molecule has 1 aromatic rings. The molecule has 1 aromatic carbocycles. The van der Waals surface area contributed by atoms with Gasteiger partial charge in [0, 0.05) is 12.0 Å². The molecule has 0 fully saturated rings. The van der Waals surface area contributed by atoms with Crippen LogP contribution in [0.15, 0.2) is 24.3 Å². The predicted octanol–water partition coefficient (Wildman–Crippen LogP) is 2.02. The Morgan fingerprint density at radius 2 is 2.13 bits per heavy atom.